The van der Waals surface area contributed by atoms with Crippen molar-refractivity contribution in [2.24, 2.45) is 0 Å². The average molecular weight is 1170 g/mol. The van der Waals surface area contributed by atoms with Crippen LogP contribution in [0.15, 0.2) is 24.3 Å². The maximum Gasteiger partial charge on any atom is 0.305 e. The molecule has 0 saturated carbocycles. The minimum absolute atomic E-state index is 0.0203. The van der Waals surface area contributed by atoms with Gasteiger partial charge in [-0.15, -0.1) is 0 Å². The Morgan fingerprint density at radius 2 is 0.602 bits per heavy atom. The topological polar surface area (TPSA) is 95.9 Å². The lowest BCUT2D eigenvalue weighted by Gasteiger charge is -2.22. The van der Waals surface area contributed by atoms with Gasteiger partial charge in [-0.25, -0.2) is 0 Å². The molecule has 492 valence electrons. The number of amides is 1. The van der Waals surface area contributed by atoms with E-state index in [1.807, 2.05) is 0 Å². The minimum atomic E-state index is -0.658. The van der Waals surface area contributed by atoms with Crippen LogP contribution in [0.3, 0.4) is 0 Å². The molecule has 0 aliphatic carbocycles. The van der Waals surface area contributed by atoms with Crippen LogP contribution < -0.4 is 5.32 Å². The fraction of sp³-hybridized carbons (Fsp3) is 0.922. The summed E-state index contributed by atoms with van der Waals surface area (Å²) < 4.78 is 5.52. The summed E-state index contributed by atoms with van der Waals surface area (Å²) in [5.74, 6) is -0.00835. The molecule has 83 heavy (non-hydrogen) atoms. The van der Waals surface area contributed by atoms with E-state index in [0.717, 1.165) is 44.9 Å². The second-order valence-corrected chi connectivity index (χ2v) is 26.3. The van der Waals surface area contributed by atoms with Crippen LogP contribution in [0, 0.1) is 0 Å². The lowest BCUT2D eigenvalue weighted by Crippen LogP contribution is -2.45. The number of ether oxygens (including phenoxy) is 1. The second-order valence-electron chi connectivity index (χ2n) is 26.3. The molecule has 0 fully saturated rings. The van der Waals surface area contributed by atoms with Gasteiger partial charge in [0.2, 0.25) is 5.91 Å². The highest BCUT2D eigenvalue weighted by atomic mass is 16.5. The standard InChI is InChI=1S/C77H149NO5/c1-3-5-7-9-11-13-15-16-17-18-38-42-45-48-51-55-59-63-67-71-77(82)83-72-68-64-60-56-52-49-46-43-40-37-35-33-31-29-27-25-23-21-19-20-22-24-26-28-30-32-34-36-39-41-44-47-50-54-58-62-66-70-76(81)78-74(73-79)75(80)69-65-61-57-53-14-12-10-8-6-4-2/h11,13,16-17,74-75,79-80H,3-10,12,14-15,18-73H2,1-2H3,(H,78,81)/b13-11-,17-16-. The number of allylic oxidation sites excluding steroid dienone is 4. The highest BCUT2D eigenvalue weighted by molar-refractivity contribution is 5.76. The predicted molar refractivity (Wildman–Crippen MR) is 366 cm³/mol. The third kappa shape index (κ3) is 69.3. The van der Waals surface area contributed by atoms with E-state index in [2.05, 4.69) is 43.5 Å². The Morgan fingerprint density at radius 1 is 0.337 bits per heavy atom. The molecule has 0 aliphatic heterocycles. The van der Waals surface area contributed by atoms with Crippen molar-refractivity contribution < 1.29 is 24.5 Å². The number of aliphatic hydroxyl groups is 2. The molecule has 0 spiro atoms. The zero-order valence-corrected chi connectivity index (χ0v) is 56.5. The first-order valence-electron chi connectivity index (χ1n) is 38.1. The van der Waals surface area contributed by atoms with Crippen LogP contribution in [-0.4, -0.2) is 47.4 Å². The van der Waals surface area contributed by atoms with E-state index in [1.54, 1.807) is 0 Å². The highest BCUT2D eigenvalue weighted by Gasteiger charge is 2.20. The molecule has 0 radical (unpaired) electrons. The van der Waals surface area contributed by atoms with Crippen molar-refractivity contribution in [3.8, 4) is 0 Å². The third-order valence-corrected chi connectivity index (χ3v) is 18.0. The number of rotatable bonds is 72. The molecule has 6 nitrogen and oxygen atoms in total. The Kier molecular flexibility index (Phi) is 71.4. The summed E-state index contributed by atoms with van der Waals surface area (Å²) in [7, 11) is 0. The minimum Gasteiger partial charge on any atom is -0.466 e. The Hall–Kier alpha value is -1.66. The van der Waals surface area contributed by atoms with E-state index >= 15 is 0 Å². The molecule has 2 atom stereocenters. The number of unbranched alkanes of at least 4 members (excludes halogenated alkanes) is 57. The molecular weight excluding hydrogens is 1020 g/mol. The van der Waals surface area contributed by atoms with Crippen molar-refractivity contribution in [1.82, 2.24) is 5.32 Å². The van der Waals surface area contributed by atoms with Gasteiger partial charge in [-0.2, -0.15) is 0 Å². The molecule has 0 rings (SSSR count). The van der Waals surface area contributed by atoms with Gasteiger partial charge in [0.25, 0.3) is 0 Å². The quantitative estimate of drug-likeness (QED) is 0.0320. The first-order valence-corrected chi connectivity index (χ1v) is 38.1. The SMILES string of the molecule is CCCCC/C=C\C/C=C\CCCCCCCCCCCC(=O)OCCCCCCCCCCCCCCCCCCCCCCCCCCCCCCCCCCCCCCCC(=O)NC(CO)C(O)CCCCCCCCCCCC. The van der Waals surface area contributed by atoms with Gasteiger partial charge in [-0.3, -0.25) is 9.59 Å². The number of carbonyl (C=O) groups excluding carboxylic acids is 2. The molecule has 1 amide bonds. The fourth-order valence-corrected chi connectivity index (χ4v) is 12.2. The van der Waals surface area contributed by atoms with E-state index < -0.39 is 12.1 Å². The summed E-state index contributed by atoms with van der Waals surface area (Å²) in [5, 5.41) is 23.2. The molecule has 6 heteroatoms. The fourth-order valence-electron chi connectivity index (χ4n) is 12.2. The zero-order valence-electron chi connectivity index (χ0n) is 56.5. The maximum absolute atomic E-state index is 12.5. The molecule has 3 N–H and O–H groups in total. The van der Waals surface area contributed by atoms with Crippen LogP contribution >= 0.6 is 0 Å². The lowest BCUT2D eigenvalue weighted by molar-refractivity contribution is -0.143. The molecule has 0 aliphatic rings. The molecule has 0 saturated heterocycles. The van der Waals surface area contributed by atoms with Crippen LogP contribution in [-0.2, 0) is 14.3 Å². The Balaban J connectivity index is 3.26. The largest absolute Gasteiger partial charge is 0.466 e. The van der Waals surface area contributed by atoms with Crippen molar-refractivity contribution in [2.45, 2.75) is 443 Å². The molecular formula is C77H149NO5. The summed E-state index contributed by atoms with van der Waals surface area (Å²) in [6.45, 7) is 4.95. The van der Waals surface area contributed by atoms with Gasteiger partial charge in [0.1, 0.15) is 0 Å². The second kappa shape index (κ2) is 72.8. The van der Waals surface area contributed by atoms with Gasteiger partial charge in [-0.1, -0.05) is 385 Å². The van der Waals surface area contributed by atoms with E-state index in [4.69, 9.17) is 4.74 Å². The molecule has 0 aromatic heterocycles. The van der Waals surface area contributed by atoms with Crippen molar-refractivity contribution in [2.75, 3.05) is 13.2 Å². The predicted octanol–water partition coefficient (Wildman–Crippen LogP) is 24.9. The van der Waals surface area contributed by atoms with Crippen molar-refractivity contribution in [1.29, 1.82) is 0 Å². The monoisotopic (exact) mass is 1170 g/mol. The van der Waals surface area contributed by atoms with Gasteiger partial charge in [0, 0.05) is 12.8 Å². The first-order chi connectivity index (χ1) is 41.0. The summed E-state index contributed by atoms with van der Waals surface area (Å²) >= 11 is 0. The molecule has 0 aromatic rings. The van der Waals surface area contributed by atoms with Gasteiger partial charge >= 0.3 is 5.97 Å². The van der Waals surface area contributed by atoms with Gasteiger partial charge in [0.15, 0.2) is 0 Å². The number of nitrogens with one attached hydrogen (secondary N) is 1. The van der Waals surface area contributed by atoms with E-state index in [-0.39, 0.29) is 18.5 Å². The molecule has 2 unspecified atom stereocenters. The number of hydrogen-bond donors (Lipinski definition) is 3. The van der Waals surface area contributed by atoms with Crippen molar-refractivity contribution in [3.63, 3.8) is 0 Å². The zero-order chi connectivity index (χ0) is 59.9. The van der Waals surface area contributed by atoms with Crippen LogP contribution in [0.2, 0.25) is 0 Å². The summed E-state index contributed by atoms with van der Waals surface area (Å²) in [4.78, 5) is 24.6. The van der Waals surface area contributed by atoms with Gasteiger partial charge in [0.05, 0.1) is 25.4 Å². The van der Waals surface area contributed by atoms with E-state index in [1.165, 1.54) is 353 Å². The normalized spacial score (nSPS) is 12.6. The van der Waals surface area contributed by atoms with Crippen LogP contribution in [0.25, 0.3) is 0 Å². The molecule has 0 bridgehead atoms. The Bertz CT molecular complexity index is 1300. The van der Waals surface area contributed by atoms with E-state index in [9.17, 15) is 19.8 Å². The number of esters is 1. The van der Waals surface area contributed by atoms with Crippen molar-refractivity contribution >= 4 is 11.9 Å². The Morgan fingerprint density at radius 3 is 0.940 bits per heavy atom. The Labute approximate surface area is 520 Å². The van der Waals surface area contributed by atoms with Crippen LogP contribution in [0.1, 0.15) is 431 Å². The van der Waals surface area contributed by atoms with Crippen LogP contribution in [0.5, 0.6) is 0 Å². The third-order valence-electron chi connectivity index (χ3n) is 18.0. The summed E-state index contributed by atoms with van der Waals surface area (Å²) in [6.07, 6.45) is 92.8. The average Bonchev–Trinajstić information content (AvgIpc) is 3.50. The molecule has 0 aromatic carbocycles. The van der Waals surface area contributed by atoms with E-state index in [0.29, 0.717) is 25.9 Å². The number of aliphatic hydroxyl groups excluding tert-OH is 2. The van der Waals surface area contributed by atoms with Crippen molar-refractivity contribution in [3.05, 3.63) is 24.3 Å². The first kappa shape index (κ1) is 81.3. The lowest BCUT2D eigenvalue weighted by atomic mass is 10.0. The highest BCUT2D eigenvalue weighted by Crippen LogP contribution is 2.20. The van der Waals surface area contributed by atoms with Crippen LogP contribution in [0.4, 0.5) is 0 Å². The number of carbonyl (C=O) groups is 2. The van der Waals surface area contributed by atoms with Gasteiger partial charge < -0.3 is 20.3 Å². The smallest absolute Gasteiger partial charge is 0.305 e. The maximum atomic E-state index is 12.5. The summed E-state index contributed by atoms with van der Waals surface area (Å²) in [6, 6.07) is -0.535. The van der Waals surface area contributed by atoms with Gasteiger partial charge in [-0.05, 0) is 57.8 Å². The number of hydrogen-bond acceptors (Lipinski definition) is 5. The summed E-state index contributed by atoms with van der Waals surface area (Å²) in [5.41, 5.74) is 0. The molecule has 0 heterocycles.